The van der Waals surface area contributed by atoms with E-state index in [9.17, 15) is 0 Å². The minimum Gasteiger partial charge on any atom is -0.456 e. The van der Waals surface area contributed by atoms with Crippen LogP contribution < -0.4 is 4.90 Å². The van der Waals surface area contributed by atoms with E-state index in [1.807, 2.05) is 0 Å². The lowest BCUT2D eigenvalue weighted by Gasteiger charge is -2.29. The van der Waals surface area contributed by atoms with Crippen LogP contribution in [0.25, 0.3) is 87.3 Å². The summed E-state index contributed by atoms with van der Waals surface area (Å²) in [5, 5.41) is 12.1. The molecule has 0 aliphatic carbocycles. The predicted octanol–water partition coefficient (Wildman–Crippen LogP) is 15.0. The zero-order valence-corrected chi connectivity index (χ0v) is 29.4. The summed E-state index contributed by atoms with van der Waals surface area (Å²) in [6.07, 6.45) is 0. The topological polar surface area (TPSA) is 16.4 Å². The van der Waals surface area contributed by atoms with Gasteiger partial charge in [-0.2, -0.15) is 0 Å². The lowest BCUT2D eigenvalue weighted by Crippen LogP contribution is -2.11. The molecule has 0 aliphatic heterocycles. The summed E-state index contributed by atoms with van der Waals surface area (Å²) in [6.45, 7) is 0. The lowest BCUT2D eigenvalue weighted by molar-refractivity contribution is 0.669. The third-order valence-electron chi connectivity index (χ3n) is 11.0. The van der Waals surface area contributed by atoms with Crippen LogP contribution in [0.4, 0.5) is 17.1 Å². The van der Waals surface area contributed by atoms with Crippen LogP contribution in [0.3, 0.4) is 0 Å². The highest BCUT2D eigenvalue weighted by molar-refractivity contribution is 6.14. The van der Waals surface area contributed by atoms with Crippen molar-refractivity contribution in [1.29, 1.82) is 0 Å². The lowest BCUT2D eigenvalue weighted by atomic mass is 9.93. The quantitative estimate of drug-likeness (QED) is 0.168. The van der Waals surface area contributed by atoms with Crippen molar-refractivity contribution in [3.63, 3.8) is 0 Å². The van der Waals surface area contributed by atoms with Crippen LogP contribution in [0.15, 0.2) is 205 Å². The van der Waals surface area contributed by atoms with Crippen molar-refractivity contribution in [2.75, 3.05) is 4.90 Å². The van der Waals surface area contributed by atoms with Gasteiger partial charge in [0.05, 0.1) is 11.4 Å². The number of hydrogen-bond donors (Lipinski definition) is 0. The summed E-state index contributed by atoms with van der Waals surface area (Å²) in [5.41, 5.74) is 9.84. The molecule has 0 spiro atoms. The molecule has 11 aromatic rings. The van der Waals surface area contributed by atoms with E-state index in [2.05, 4.69) is 205 Å². The monoisotopic (exact) mass is 687 g/mol. The highest BCUT2D eigenvalue weighted by atomic mass is 16.3. The standard InChI is InChI=1S/C52H33NO/c1-2-14-37-33-52-48(30-36(37)13-1)47-32-39(26-29-51(47)54-52)43-19-9-10-22-49(43)53(50-23-11-16-34-12-3-6-18-42(34)50)40-27-24-35(25-28-40)46-31-38-15-4-5-17-41(38)44-20-7-8-21-45(44)46/h1-33H. The van der Waals surface area contributed by atoms with Crippen molar-refractivity contribution in [3.05, 3.63) is 200 Å². The van der Waals surface area contributed by atoms with Crippen LogP contribution in [0, 0.1) is 0 Å². The number of benzene rings is 10. The Balaban J connectivity index is 1.10. The second-order valence-electron chi connectivity index (χ2n) is 14.1. The third kappa shape index (κ3) is 4.88. The van der Waals surface area contributed by atoms with Crippen molar-refractivity contribution >= 4 is 82.1 Å². The van der Waals surface area contributed by atoms with Crippen LogP contribution in [-0.2, 0) is 0 Å². The van der Waals surface area contributed by atoms with Gasteiger partial charge >= 0.3 is 0 Å². The SMILES string of the molecule is c1ccc(N(c2ccc(-c3cc4ccccc4c4ccccc34)cc2)c2cccc3ccccc23)c(-c2ccc3oc4cc5ccccc5cc4c3c2)c1. The fraction of sp³-hybridized carbons (Fsp3) is 0. The van der Waals surface area contributed by atoms with Gasteiger partial charge in [-0.05, 0) is 109 Å². The normalized spacial score (nSPS) is 11.7. The van der Waals surface area contributed by atoms with Crippen molar-refractivity contribution in [2.24, 2.45) is 0 Å². The van der Waals surface area contributed by atoms with Gasteiger partial charge in [-0.15, -0.1) is 0 Å². The van der Waals surface area contributed by atoms with Crippen molar-refractivity contribution < 1.29 is 4.42 Å². The number of anilines is 3. The number of hydrogen-bond acceptors (Lipinski definition) is 2. The van der Waals surface area contributed by atoms with Crippen molar-refractivity contribution in [1.82, 2.24) is 0 Å². The molecule has 0 radical (unpaired) electrons. The van der Waals surface area contributed by atoms with E-state index >= 15 is 0 Å². The molecular formula is C52H33NO. The van der Waals surface area contributed by atoms with Gasteiger partial charge in [-0.3, -0.25) is 0 Å². The Kier molecular flexibility index (Phi) is 6.90. The Morgan fingerprint density at radius 1 is 0.296 bits per heavy atom. The van der Waals surface area contributed by atoms with Gasteiger partial charge < -0.3 is 9.32 Å². The zero-order valence-electron chi connectivity index (χ0n) is 29.4. The zero-order chi connectivity index (χ0) is 35.6. The largest absolute Gasteiger partial charge is 0.456 e. The van der Waals surface area contributed by atoms with E-state index in [-0.39, 0.29) is 0 Å². The smallest absolute Gasteiger partial charge is 0.136 e. The Bertz CT molecular complexity index is 3220. The Hall–Kier alpha value is -7.16. The molecule has 0 saturated heterocycles. The molecule has 2 nitrogen and oxygen atoms in total. The maximum absolute atomic E-state index is 6.40. The number of nitrogens with zero attached hydrogens (tertiary/aromatic N) is 1. The maximum atomic E-state index is 6.40. The molecule has 0 saturated carbocycles. The van der Waals surface area contributed by atoms with Crippen LogP contribution in [-0.4, -0.2) is 0 Å². The Labute approximate surface area is 312 Å². The molecule has 0 unspecified atom stereocenters. The molecule has 252 valence electrons. The minimum atomic E-state index is 0.893. The van der Waals surface area contributed by atoms with Crippen LogP contribution in [0.2, 0.25) is 0 Å². The van der Waals surface area contributed by atoms with Gasteiger partial charge in [0, 0.05) is 27.4 Å². The maximum Gasteiger partial charge on any atom is 0.136 e. The average molecular weight is 688 g/mol. The van der Waals surface area contributed by atoms with Crippen LogP contribution in [0.5, 0.6) is 0 Å². The Morgan fingerprint density at radius 3 is 1.72 bits per heavy atom. The van der Waals surface area contributed by atoms with Crippen LogP contribution >= 0.6 is 0 Å². The molecule has 11 rings (SSSR count). The molecule has 0 fully saturated rings. The first-order valence-electron chi connectivity index (χ1n) is 18.5. The summed E-state index contributed by atoms with van der Waals surface area (Å²) >= 11 is 0. The molecule has 0 amide bonds. The molecule has 0 N–H and O–H groups in total. The van der Waals surface area contributed by atoms with Gasteiger partial charge in [0.2, 0.25) is 0 Å². The summed E-state index contributed by atoms with van der Waals surface area (Å²) in [4.78, 5) is 2.42. The molecule has 0 aliphatic rings. The minimum absolute atomic E-state index is 0.893. The molecule has 0 bridgehead atoms. The molecule has 10 aromatic carbocycles. The number of fused-ring (bicyclic) bond motifs is 8. The Morgan fingerprint density at radius 2 is 0.889 bits per heavy atom. The summed E-state index contributed by atoms with van der Waals surface area (Å²) in [5.74, 6) is 0. The molecular weight excluding hydrogens is 655 g/mol. The van der Waals surface area contributed by atoms with E-state index in [4.69, 9.17) is 4.42 Å². The second kappa shape index (κ2) is 12.2. The van der Waals surface area contributed by atoms with Crippen LogP contribution in [0.1, 0.15) is 0 Å². The van der Waals surface area contributed by atoms with Crippen molar-refractivity contribution in [3.8, 4) is 22.3 Å². The number of furan rings is 1. The third-order valence-corrected chi connectivity index (χ3v) is 11.0. The molecule has 1 heterocycles. The van der Waals surface area contributed by atoms with E-state index in [1.165, 1.54) is 54.2 Å². The highest BCUT2D eigenvalue weighted by Gasteiger charge is 2.20. The highest BCUT2D eigenvalue weighted by Crippen LogP contribution is 2.45. The van der Waals surface area contributed by atoms with E-state index in [0.717, 1.165) is 50.1 Å². The van der Waals surface area contributed by atoms with Crippen molar-refractivity contribution in [2.45, 2.75) is 0 Å². The molecule has 54 heavy (non-hydrogen) atoms. The number of para-hydroxylation sites is 1. The first kappa shape index (κ1) is 30.5. The fourth-order valence-electron chi connectivity index (χ4n) is 8.44. The van der Waals surface area contributed by atoms with E-state index in [0.29, 0.717) is 0 Å². The predicted molar refractivity (Wildman–Crippen MR) is 229 cm³/mol. The number of rotatable bonds is 5. The van der Waals surface area contributed by atoms with Gasteiger partial charge in [0.15, 0.2) is 0 Å². The van der Waals surface area contributed by atoms with E-state index < -0.39 is 0 Å². The van der Waals surface area contributed by atoms with Gasteiger partial charge in [0.25, 0.3) is 0 Å². The summed E-state index contributed by atoms with van der Waals surface area (Å²) < 4.78 is 6.40. The first-order chi connectivity index (χ1) is 26.8. The average Bonchev–Trinajstić information content (AvgIpc) is 3.59. The van der Waals surface area contributed by atoms with Gasteiger partial charge in [0.1, 0.15) is 11.2 Å². The summed E-state index contributed by atoms with van der Waals surface area (Å²) in [7, 11) is 0. The second-order valence-corrected chi connectivity index (χ2v) is 14.1. The first-order valence-corrected chi connectivity index (χ1v) is 18.5. The van der Waals surface area contributed by atoms with Gasteiger partial charge in [-0.25, -0.2) is 0 Å². The fourth-order valence-corrected chi connectivity index (χ4v) is 8.44. The van der Waals surface area contributed by atoms with Gasteiger partial charge in [-0.1, -0.05) is 146 Å². The summed E-state index contributed by atoms with van der Waals surface area (Å²) in [6, 6.07) is 72.4. The molecule has 1 aromatic heterocycles. The molecule has 0 atom stereocenters. The van der Waals surface area contributed by atoms with E-state index in [1.54, 1.807) is 0 Å². The molecule has 2 heteroatoms.